The first-order valence-electron chi connectivity index (χ1n) is 4.97. The van der Waals surface area contributed by atoms with Crippen LogP contribution in [0.25, 0.3) is 0 Å². The highest BCUT2D eigenvalue weighted by Gasteiger charge is 2.11. The zero-order valence-corrected chi connectivity index (χ0v) is 10.9. The van der Waals surface area contributed by atoms with Gasteiger partial charge in [-0.05, 0) is 36.7 Å². The Bertz CT molecular complexity index is 586. The van der Waals surface area contributed by atoms with Gasteiger partial charge in [-0.2, -0.15) is 4.37 Å². The van der Waals surface area contributed by atoms with Gasteiger partial charge in [-0.15, -0.1) is 0 Å². The van der Waals surface area contributed by atoms with Crippen molar-refractivity contribution in [1.29, 1.82) is 0 Å². The van der Waals surface area contributed by atoms with Gasteiger partial charge in [0, 0.05) is 5.56 Å². The van der Waals surface area contributed by atoms with Crippen LogP contribution in [0.3, 0.4) is 0 Å². The molecule has 2 aromatic rings. The van der Waals surface area contributed by atoms with Crippen molar-refractivity contribution in [1.82, 2.24) is 9.36 Å². The highest BCUT2D eigenvalue weighted by Crippen LogP contribution is 2.21. The van der Waals surface area contributed by atoms with E-state index in [1.807, 2.05) is 0 Å². The molecule has 0 aliphatic heterocycles. The number of hydrogen-bond acceptors (Lipinski definition) is 5. The summed E-state index contributed by atoms with van der Waals surface area (Å²) in [6.45, 7) is 1.76. The van der Waals surface area contributed by atoms with E-state index in [9.17, 15) is 13.6 Å². The number of ketones is 1. The van der Waals surface area contributed by atoms with Crippen molar-refractivity contribution in [3.63, 3.8) is 0 Å². The Hall–Kier alpha value is -1.34. The maximum Gasteiger partial charge on any atom is 0.173 e. The highest BCUT2D eigenvalue weighted by molar-refractivity contribution is 8.01. The summed E-state index contributed by atoms with van der Waals surface area (Å²) in [6.07, 6.45) is 0. The summed E-state index contributed by atoms with van der Waals surface area (Å²) in [5.41, 5.74) is 0.155. The summed E-state index contributed by atoms with van der Waals surface area (Å²) in [7, 11) is 0. The highest BCUT2D eigenvalue weighted by atomic mass is 32.2. The number of benzene rings is 1. The van der Waals surface area contributed by atoms with Crippen LogP contribution in [0, 0.1) is 18.6 Å². The predicted octanol–water partition coefficient (Wildman–Crippen LogP) is 3.10. The number of thioether (sulfide) groups is 1. The van der Waals surface area contributed by atoms with Gasteiger partial charge in [0.25, 0.3) is 0 Å². The third-order valence-electron chi connectivity index (χ3n) is 2.08. The third-order valence-corrected chi connectivity index (χ3v) is 4.00. The average molecular weight is 286 g/mol. The van der Waals surface area contributed by atoms with Crippen LogP contribution in [0.1, 0.15) is 16.2 Å². The first-order chi connectivity index (χ1) is 8.56. The summed E-state index contributed by atoms with van der Waals surface area (Å²) < 4.78 is 30.3. The summed E-state index contributed by atoms with van der Waals surface area (Å²) in [4.78, 5) is 15.8. The molecule has 0 fully saturated rings. The van der Waals surface area contributed by atoms with Crippen LogP contribution in [0.4, 0.5) is 8.78 Å². The summed E-state index contributed by atoms with van der Waals surface area (Å²) in [5.74, 6) is -1.47. The molecule has 1 aromatic carbocycles. The van der Waals surface area contributed by atoms with Crippen LogP contribution in [-0.2, 0) is 0 Å². The van der Waals surface area contributed by atoms with E-state index in [0.717, 1.165) is 12.1 Å². The lowest BCUT2D eigenvalue weighted by Crippen LogP contribution is -2.03. The van der Waals surface area contributed by atoms with E-state index in [4.69, 9.17) is 0 Å². The van der Waals surface area contributed by atoms with Gasteiger partial charge in [0.15, 0.2) is 21.8 Å². The van der Waals surface area contributed by atoms with E-state index in [-0.39, 0.29) is 17.1 Å². The number of hydrogen-bond donors (Lipinski definition) is 0. The quantitative estimate of drug-likeness (QED) is 0.640. The minimum atomic E-state index is -1.02. The Kier molecular flexibility index (Phi) is 4.03. The molecule has 0 unspecified atom stereocenters. The second-order valence-corrected chi connectivity index (χ2v) is 5.42. The van der Waals surface area contributed by atoms with Crippen molar-refractivity contribution >= 4 is 29.1 Å². The minimum Gasteiger partial charge on any atom is -0.293 e. The zero-order valence-electron chi connectivity index (χ0n) is 9.31. The number of nitrogens with zero attached hydrogens (tertiary/aromatic N) is 2. The number of carbonyl (C=O) groups is 1. The number of aryl methyl sites for hydroxylation is 1. The molecule has 1 aromatic heterocycles. The van der Waals surface area contributed by atoms with Gasteiger partial charge in [0.2, 0.25) is 0 Å². The van der Waals surface area contributed by atoms with Crippen LogP contribution < -0.4 is 0 Å². The molecule has 0 saturated heterocycles. The molecule has 0 atom stereocenters. The first-order valence-corrected chi connectivity index (χ1v) is 6.73. The van der Waals surface area contributed by atoms with Crippen molar-refractivity contribution in [2.24, 2.45) is 0 Å². The molecular weight excluding hydrogens is 278 g/mol. The fourth-order valence-corrected chi connectivity index (χ4v) is 2.76. The van der Waals surface area contributed by atoms with Crippen LogP contribution in [0.15, 0.2) is 22.5 Å². The van der Waals surface area contributed by atoms with Crippen molar-refractivity contribution in [3.8, 4) is 0 Å². The molecule has 0 aliphatic rings. The van der Waals surface area contributed by atoms with Gasteiger partial charge in [-0.3, -0.25) is 4.79 Å². The molecule has 7 heteroatoms. The molecule has 0 aliphatic carbocycles. The van der Waals surface area contributed by atoms with Crippen LogP contribution >= 0.6 is 23.3 Å². The molecule has 0 saturated carbocycles. The van der Waals surface area contributed by atoms with Crippen molar-refractivity contribution in [2.45, 2.75) is 11.3 Å². The maximum atomic E-state index is 13.0. The second kappa shape index (κ2) is 5.53. The molecule has 1 heterocycles. The fraction of sp³-hybridized carbons (Fsp3) is 0.182. The van der Waals surface area contributed by atoms with Crippen molar-refractivity contribution < 1.29 is 13.6 Å². The average Bonchev–Trinajstić information content (AvgIpc) is 2.75. The van der Waals surface area contributed by atoms with Crippen LogP contribution in [-0.4, -0.2) is 20.9 Å². The smallest absolute Gasteiger partial charge is 0.173 e. The minimum absolute atomic E-state index is 0.125. The van der Waals surface area contributed by atoms with Gasteiger partial charge in [0.05, 0.1) is 5.75 Å². The number of aromatic nitrogens is 2. The maximum absolute atomic E-state index is 13.0. The van der Waals surface area contributed by atoms with E-state index in [1.54, 1.807) is 6.92 Å². The number of carbonyl (C=O) groups excluding carboxylic acids is 1. The molecule has 2 rings (SSSR count). The number of rotatable bonds is 4. The Labute approximate surface area is 110 Å². The van der Waals surface area contributed by atoms with E-state index in [0.29, 0.717) is 10.2 Å². The molecule has 3 nitrogen and oxygen atoms in total. The predicted molar refractivity (Wildman–Crippen MR) is 66.1 cm³/mol. The topological polar surface area (TPSA) is 42.9 Å². The van der Waals surface area contributed by atoms with Gasteiger partial charge in [-0.1, -0.05) is 11.8 Å². The molecule has 94 valence electrons. The lowest BCUT2D eigenvalue weighted by Gasteiger charge is -2.00. The number of halogens is 2. The summed E-state index contributed by atoms with van der Waals surface area (Å²) >= 11 is 2.44. The standard InChI is InChI=1S/C11H8F2N2OS2/c1-6-14-11(18-15-6)17-5-10(16)7-2-3-8(12)9(13)4-7/h2-4H,5H2,1H3. The molecule has 0 radical (unpaired) electrons. The Morgan fingerprint density at radius 2 is 2.17 bits per heavy atom. The van der Waals surface area contributed by atoms with Gasteiger partial charge < -0.3 is 0 Å². The first kappa shape index (κ1) is 13.1. The molecule has 0 amide bonds. The van der Waals surface area contributed by atoms with E-state index >= 15 is 0 Å². The lowest BCUT2D eigenvalue weighted by atomic mass is 10.1. The lowest BCUT2D eigenvalue weighted by molar-refractivity contribution is 0.102. The second-order valence-electron chi connectivity index (χ2n) is 3.45. The Morgan fingerprint density at radius 1 is 1.39 bits per heavy atom. The fourth-order valence-electron chi connectivity index (χ4n) is 1.22. The Balaban J connectivity index is 2.01. The van der Waals surface area contributed by atoms with Crippen molar-refractivity contribution in [2.75, 3.05) is 5.75 Å². The summed E-state index contributed by atoms with van der Waals surface area (Å²) in [6, 6.07) is 3.12. The molecule has 0 spiro atoms. The molecule has 0 bridgehead atoms. The van der Waals surface area contributed by atoms with Crippen LogP contribution in [0.5, 0.6) is 0 Å². The SMILES string of the molecule is Cc1nsc(SCC(=O)c2ccc(F)c(F)c2)n1. The third kappa shape index (κ3) is 3.11. The van der Waals surface area contributed by atoms with E-state index < -0.39 is 11.6 Å². The largest absolute Gasteiger partial charge is 0.293 e. The molecular formula is C11H8F2N2OS2. The summed E-state index contributed by atoms with van der Waals surface area (Å²) in [5, 5.41) is 0. The zero-order chi connectivity index (χ0) is 13.1. The van der Waals surface area contributed by atoms with E-state index in [2.05, 4.69) is 9.36 Å². The Morgan fingerprint density at radius 3 is 2.78 bits per heavy atom. The van der Waals surface area contributed by atoms with Gasteiger partial charge in [0.1, 0.15) is 5.82 Å². The van der Waals surface area contributed by atoms with E-state index in [1.165, 1.54) is 29.4 Å². The molecule has 0 N–H and O–H groups in total. The monoisotopic (exact) mass is 286 g/mol. The van der Waals surface area contributed by atoms with Gasteiger partial charge in [-0.25, -0.2) is 13.8 Å². The normalized spacial score (nSPS) is 10.6. The van der Waals surface area contributed by atoms with Crippen LogP contribution in [0.2, 0.25) is 0 Å². The van der Waals surface area contributed by atoms with Crippen molar-refractivity contribution in [3.05, 3.63) is 41.2 Å². The van der Waals surface area contributed by atoms with Gasteiger partial charge >= 0.3 is 0 Å². The number of Topliss-reactive ketones (excluding diaryl/α,β-unsaturated/α-hetero) is 1. The molecule has 18 heavy (non-hydrogen) atoms.